The molecule has 0 bridgehead atoms. The Bertz CT molecular complexity index is 1710. The van der Waals surface area contributed by atoms with Gasteiger partial charge < -0.3 is 25.4 Å². The lowest BCUT2D eigenvalue weighted by atomic mass is 9.85. The molecule has 0 aliphatic carbocycles. The van der Waals surface area contributed by atoms with Crippen molar-refractivity contribution in [2.75, 3.05) is 26.2 Å². The summed E-state index contributed by atoms with van der Waals surface area (Å²) in [5, 5.41) is 26.6. The number of aliphatic hydroxyl groups excluding tert-OH is 1. The van der Waals surface area contributed by atoms with Crippen molar-refractivity contribution in [1.82, 2.24) is 24.4 Å². The first-order chi connectivity index (χ1) is 23.6. The number of aliphatic hydroxyl groups is 1. The normalized spacial score (nSPS) is 16.0. The van der Waals surface area contributed by atoms with Gasteiger partial charge in [-0.05, 0) is 59.6 Å². The topological polar surface area (TPSA) is 156 Å². The molecule has 1 aliphatic rings. The van der Waals surface area contributed by atoms with Crippen molar-refractivity contribution in [3.8, 4) is 0 Å². The van der Waals surface area contributed by atoms with Gasteiger partial charge in [0.05, 0.1) is 23.3 Å². The standard InChI is InChI=1S/C37H50N6O6S/c1-26(2)24-43(50(48,49)31-16-14-29(15-17-31)22-40-47)32(20-28-10-8-7-9-11-28)33(44)23-39-35(45)34(37(4,5)6)42-19-18-41(36(42)46)25-30-13-12-27(3)38-21-30/h7-17,21-22,26,32-34,44,47H,18-20,23-25H2,1-6H3,(H,39,45)/t32?,33-,34-/m1/s1. The first-order valence-corrected chi connectivity index (χ1v) is 18.3. The molecule has 12 nitrogen and oxygen atoms in total. The van der Waals surface area contributed by atoms with E-state index in [1.165, 1.54) is 34.8 Å². The van der Waals surface area contributed by atoms with Crippen LogP contribution in [0.4, 0.5) is 4.79 Å². The van der Waals surface area contributed by atoms with E-state index in [9.17, 15) is 23.1 Å². The number of hydrogen-bond acceptors (Lipinski definition) is 8. The Balaban J connectivity index is 1.58. The van der Waals surface area contributed by atoms with Crippen molar-refractivity contribution >= 4 is 28.2 Å². The molecule has 2 heterocycles. The van der Waals surface area contributed by atoms with Gasteiger partial charge in [-0.25, -0.2) is 13.2 Å². The Morgan fingerprint density at radius 3 is 2.30 bits per heavy atom. The van der Waals surface area contributed by atoms with E-state index in [1.54, 1.807) is 16.0 Å². The Labute approximate surface area is 295 Å². The fourth-order valence-electron chi connectivity index (χ4n) is 6.23. The number of sulfonamides is 1. The Kier molecular flexibility index (Phi) is 12.8. The number of urea groups is 1. The van der Waals surface area contributed by atoms with Gasteiger partial charge >= 0.3 is 6.03 Å². The van der Waals surface area contributed by atoms with Crippen LogP contribution in [-0.2, 0) is 27.8 Å². The number of carbonyl (C=O) groups excluding carboxylic acids is 2. The van der Waals surface area contributed by atoms with Crippen molar-refractivity contribution in [2.45, 2.75) is 77.6 Å². The van der Waals surface area contributed by atoms with E-state index in [-0.39, 0.29) is 36.4 Å². The average Bonchev–Trinajstić information content (AvgIpc) is 3.41. The molecule has 270 valence electrons. The number of nitrogens with one attached hydrogen (secondary N) is 1. The monoisotopic (exact) mass is 706 g/mol. The zero-order valence-electron chi connectivity index (χ0n) is 29.7. The van der Waals surface area contributed by atoms with Crippen molar-refractivity contribution in [3.05, 3.63) is 95.3 Å². The van der Waals surface area contributed by atoms with Gasteiger partial charge in [0.25, 0.3) is 0 Å². The van der Waals surface area contributed by atoms with Crippen molar-refractivity contribution in [3.63, 3.8) is 0 Å². The molecular formula is C37H50N6O6S. The number of nitrogens with zero attached hydrogens (tertiary/aromatic N) is 5. The van der Waals surface area contributed by atoms with Crippen LogP contribution in [0.15, 0.2) is 83.0 Å². The molecule has 1 aromatic heterocycles. The van der Waals surface area contributed by atoms with E-state index in [4.69, 9.17) is 5.21 Å². The number of rotatable bonds is 15. The van der Waals surface area contributed by atoms with Crippen molar-refractivity contribution in [2.24, 2.45) is 16.5 Å². The summed E-state index contributed by atoms with van der Waals surface area (Å²) >= 11 is 0. The average molecular weight is 707 g/mol. The largest absolute Gasteiger partial charge is 0.411 e. The summed E-state index contributed by atoms with van der Waals surface area (Å²) in [6.45, 7) is 12.4. The summed E-state index contributed by atoms with van der Waals surface area (Å²) < 4.78 is 29.8. The number of amides is 3. The fraction of sp³-hybridized carbons (Fsp3) is 0.459. The van der Waals surface area contributed by atoms with Crippen LogP contribution in [0.5, 0.6) is 0 Å². The van der Waals surface area contributed by atoms with Crippen molar-refractivity contribution in [1.29, 1.82) is 0 Å². The predicted octanol–water partition coefficient (Wildman–Crippen LogP) is 4.29. The highest BCUT2D eigenvalue weighted by Crippen LogP contribution is 2.29. The highest BCUT2D eigenvalue weighted by atomic mass is 32.2. The third-order valence-electron chi connectivity index (χ3n) is 8.68. The van der Waals surface area contributed by atoms with Gasteiger partial charge in [-0.1, -0.05) is 88.3 Å². The second-order valence-electron chi connectivity index (χ2n) is 14.3. The number of carbonyl (C=O) groups is 2. The van der Waals surface area contributed by atoms with Gasteiger partial charge in [0, 0.05) is 44.6 Å². The van der Waals surface area contributed by atoms with E-state index < -0.39 is 39.5 Å². The van der Waals surface area contributed by atoms with E-state index in [0.717, 1.165) is 16.8 Å². The van der Waals surface area contributed by atoms with Gasteiger partial charge in [-0.2, -0.15) is 4.31 Å². The molecule has 0 saturated carbocycles. The summed E-state index contributed by atoms with van der Waals surface area (Å²) in [6, 6.07) is 17.0. The van der Waals surface area contributed by atoms with E-state index in [2.05, 4.69) is 15.5 Å². The second kappa shape index (κ2) is 16.6. The van der Waals surface area contributed by atoms with Crippen LogP contribution < -0.4 is 5.32 Å². The zero-order valence-corrected chi connectivity index (χ0v) is 30.5. The summed E-state index contributed by atoms with van der Waals surface area (Å²) in [5.41, 5.74) is 2.47. The van der Waals surface area contributed by atoms with Crippen LogP contribution in [-0.4, -0.2) is 100 Å². The number of oxime groups is 1. The molecular weight excluding hydrogens is 657 g/mol. The molecule has 2 aromatic carbocycles. The fourth-order valence-corrected chi connectivity index (χ4v) is 8.04. The quantitative estimate of drug-likeness (QED) is 0.121. The molecule has 3 aromatic rings. The molecule has 50 heavy (non-hydrogen) atoms. The summed E-state index contributed by atoms with van der Waals surface area (Å²) in [6.07, 6.45) is 1.84. The Morgan fingerprint density at radius 2 is 1.72 bits per heavy atom. The molecule has 1 aliphatic heterocycles. The third-order valence-corrected chi connectivity index (χ3v) is 10.6. The molecule has 1 saturated heterocycles. The highest BCUT2D eigenvalue weighted by Gasteiger charge is 2.44. The van der Waals surface area contributed by atoms with E-state index >= 15 is 0 Å². The third kappa shape index (κ3) is 9.67. The number of pyridine rings is 1. The maximum atomic E-state index is 14.2. The molecule has 3 N–H and O–H groups in total. The zero-order chi connectivity index (χ0) is 36.6. The van der Waals surface area contributed by atoms with E-state index in [0.29, 0.717) is 25.2 Å². The number of aryl methyl sites for hydroxylation is 1. The first kappa shape index (κ1) is 38.5. The lowest BCUT2D eigenvalue weighted by Crippen LogP contribution is -2.57. The maximum Gasteiger partial charge on any atom is 0.321 e. The smallest absolute Gasteiger partial charge is 0.321 e. The van der Waals surface area contributed by atoms with Crippen molar-refractivity contribution < 1.29 is 28.3 Å². The lowest BCUT2D eigenvalue weighted by Gasteiger charge is -2.38. The SMILES string of the molecule is Cc1ccc(CN2CCN([C@H](C(=O)NC[C@@H](O)C(Cc3ccccc3)N(CC(C)C)S(=O)(=O)c3ccc(C=NO)cc3)C(C)(C)C)C2=O)cn1. The minimum Gasteiger partial charge on any atom is -0.411 e. The molecule has 0 radical (unpaired) electrons. The Hall–Kier alpha value is -4.33. The first-order valence-electron chi connectivity index (χ1n) is 16.9. The molecule has 0 spiro atoms. The van der Waals surface area contributed by atoms with Gasteiger partial charge in [0.2, 0.25) is 15.9 Å². The molecule has 4 rings (SSSR count). The number of hydrogen-bond donors (Lipinski definition) is 3. The minimum atomic E-state index is -4.13. The van der Waals surface area contributed by atoms with Crippen LogP contribution in [0.25, 0.3) is 0 Å². The summed E-state index contributed by atoms with van der Waals surface area (Å²) in [7, 11) is -4.13. The lowest BCUT2D eigenvalue weighted by molar-refractivity contribution is -0.129. The van der Waals surface area contributed by atoms with Gasteiger partial charge in [0.1, 0.15) is 6.04 Å². The molecule has 3 amide bonds. The summed E-state index contributed by atoms with van der Waals surface area (Å²) in [5.74, 6) is -0.516. The maximum absolute atomic E-state index is 14.2. The predicted molar refractivity (Wildman–Crippen MR) is 192 cm³/mol. The summed E-state index contributed by atoms with van der Waals surface area (Å²) in [4.78, 5) is 35.2. The minimum absolute atomic E-state index is 0.0221. The molecule has 3 atom stereocenters. The van der Waals surface area contributed by atoms with Crippen LogP contribution in [0.2, 0.25) is 0 Å². The van der Waals surface area contributed by atoms with E-state index in [1.807, 2.05) is 84.0 Å². The molecule has 1 fully saturated rings. The molecule has 1 unspecified atom stereocenters. The van der Waals surface area contributed by atoms with Crippen LogP contribution >= 0.6 is 0 Å². The van der Waals surface area contributed by atoms with Crippen LogP contribution in [0, 0.1) is 18.3 Å². The van der Waals surface area contributed by atoms with Gasteiger partial charge in [0.15, 0.2) is 0 Å². The highest BCUT2D eigenvalue weighted by molar-refractivity contribution is 7.89. The molecule has 13 heteroatoms. The van der Waals surface area contributed by atoms with Crippen LogP contribution in [0.1, 0.15) is 57.0 Å². The second-order valence-corrected chi connectivity index (χ2v) is 16.2. The van der Waals surface area contributed by atoms with Gasteiger partial charge in [-0.3, -0.25) is 9.78 Å². The number of benzene rings is 2. The Morgan fingerprint density at radius 1 is 1.04 bits per heavy atom. The van der Waals surface area contributed by atoms with Crippen LogP contribution in [0.3, 0.4) is 0 Å². The number of aromatic nitrogens is 1. The van der Waals surface area contributed by atoms with Gasteiger partial charge in [-0.15, -0.1) is 0 Å².